The first-order valence-corrected chi connectivity index (χ1v) is 6.76. The van der Waals surface area contributed by atoms with E-state index < -0.39 is 7.12 Å². The molecule has 1 saturated heterocycles. The highest BCUT2D eigenvalue weighted by Crippen LogP contribution is 2.36. The molecule has 0 spiro atoms. The third-order valence-corrected chi connectivity index (χ3v) is 4.14. The highest BCUT2D eigenvalue weighted by molar-refractivity contribution is 6.62. The molecule has 1 aliphatic heterocycles. The van der Waals surface area contributed by atoms with Gasteiger partial charge in [-0.3, -0.25) is 0 Å². The van der Waals surface area contributed by atoms with Crippen LogP contribution in [-0.2, 0) is 9.31 Å². The van der Waals surface area contributed by atoms with E-state index in [0.717, 1.165) is 5.46 Å². The molecule has 0 atom stereocenters. The molecule has 3 rings (SSSR count). The number of aromatic nitrogens is 4. The van der Waals surface area contributed by atoms with Crippen LogP contribution in [0.25, 0.3) is 5.69 Å². The van der Waals surface area contributed by atoms with Gasteiger partial charge >= 0.3 is 12.8 Å². The third-order valence-electron chi connectivity index (χ3n) is 4.14. The van der Waals surface area contributed by atoms with Crippen LogP contribution in [0.5, 0.6) is 0 Å². The van der Waals surface area contributed by atoms with Gasteiger partial charge in [0.2, 0.25) is 0 Å². The molecule has 0 amide bonds. The third kappa shape index (κ3) is 2.30. The first-order chi connectivity index (χ1) is 9.80. The van der Waals surface area contributed by atoms with Gasteiger partial charge in [0.15, 0.2) is 0 Å². The van der Waals surface area contributed by atoms with E-state index in [9.17, 15) is 4.79 Å². The molecule has 1 aliphatic rings. The highest BCUT2D eigenvalue weighted by atomic mass is 16.7. The van der Waals surface area contributed by atoms with Crippen molar-refractivity contribution in [2.24, 2.45) is 0 Å². The van der Waals surface area contributed by atoms with E-state index in [-0.39, 0.29) is 16.9 Å². The molecule has 110 valence electrons. The zero-order valence-electron chi connectivity index (χ0n) is 12.5. The van der Waals surface area contributed by atoms with Crippen molar-refractivity contribution in [2.75, 3.05) is 0 Å². The summed E-state index contributed by atoms with van der Waals surface area (Å²) in [5.74, 6) is 0. The van der Waals surface area contributed by atoms with Crippen LogP contribution < -0.4 is 11.2 Å². The smallest absolute Gasteiger partial charge is 0.399 e. The summed E-state index contributed by atoms with van der Waals surface area (Å²) in [6.45, 7) is 8.04. The van der Waals surface area contributed by atoms with E-state index in [0.29, 0.717) is 5.69 Å². The Balaban J connectivity index is 1.86. The Morgan fingerprint density at radius 2 is 1.67 bits per heavy atom. The maximum Gasteiger partial charge on any atom is 0.494 e. The van der Waals surface area contributed by atoms with Crippen molar-refractivity contribution in [3.8, 4) is 5.69 Å². The van der Waals surface area contributed by atoms with E-state index in [1.165, 1.54) is 4.68 Å². The van der Waals surface area contributed by atoms with E-state index in [1.807, 2.05) is 39.8 Å². The first-order valence-electron chi connectivity index (χ1n) is 6.76. The van der Waals surface area contributed by atoms with Crippen LogP contribution in [-0.4, -0.2) is 38.5 Å². The summed E-state index contributed by atoms with van der Waals surface area (Å²) in [5, 5.41) is 9.41. The van der Waals surface area contributed by atoms with Crippen LogP contribution in [0.4, 0.5) is 0 Å². The number of hydrogen-bond donors (Lipinski definition) is 1. The standard InChI is InChI=1S/C13H17BN4O3/c1-12(2)13(3,4)21-14(20-12)9-5-7-10(8-6-9)18-11(19)15-16-17-18/h5-8H,1-4H3,(H,15,17,19). The SMILES string of the molecule is CC1(C)OB(c2ccc(-n3nn[nH]c3=O)cc2)OC1(C)C. The zero-order chi connectivity index (χ0) is 15.3. The molecular formula is C13H17BN4O3. The number of hydrogen-bond acceptors (Lipinski definition) is 5. The molecule has 2 aromatic rings. The van der Waals surface area contributed by atoms with Gasteiger partial charge in [-0.15, -0.1) is 0 Å². The molecule has 1 fully saturated rings. The maximum absolute atomic E-state index is 11.5. The topological polar surface area (TPSA) is 82.0 Å². The average molecular weight is 288 g/mol. The molecule has 0 radical (unpaired) electrons. The van der Waals surface area contributed by atoms with Gasteiger partial charge in [0.25, 0.3) is 0 Å². The number of benzene rings is 1. The minimum Gasteiger partial charge on any atom is -0.399 e. The molecule has 1 aromatic carbocycles. The second-order valence-corrected chi connectivity index (χ2v) is 6.10. The zero-order valence-corrected chi connectivity index (χ0v) is 12.5. The summed E-state index contributed by atoms with van der Waals surface area (Å²) >= 11 is 0. The Morgan fingerprint density at radius 3 is 2.14 bits per heavy atom. The van der Waals surface area contributed by atoms with Crippen molar-refractivity contribution in [3.05, 3.63) is 34.7 Å². The maximum atomic E-state index is 11.5. The van der Waals surface area contributed by atoms with Crippen LogP contribution in [0.2, 0.25) is 0 Å². The van der Waals surface area contributed by atoms with Gasteiger partial charge in [-0.25, -0.2) is 9.89 Å². The van der Waals surface area contributed by atoms with Crippen LogP contribution in [0.15, 0.2) is 29.1 Å². The lowest BCUT2D eigenvalue weighted by Crippen LogP contribution is -2.41. The van der Waals surface area contributed by atoms with Crippen LogP contribution in [0, 0.1) is 0 Å². The van der Waals surface area contributed by atoms with E-state index in [1.54, 1.807) is 12.1 Å². The van der Waals surface area contributed by atoms with E-state index in [4.69, 9.17) is 9.31 Å². The minimum atomic E-state index is -0.418. The molecule has 0 saturated carbocycles. The van der Waals surface area contributed by atoms with Crippen LogP contribution in [0.3, 0.4) is 0 Å². The summed E-state index contributed by atoms with van der Waals surface area (Å²) in [5.41, 5.74) is 0.403. The predicted molar refractivity (Wildman–Crippen MR) is 77.7 cm³/mol. The Bertz CT molecular complexity index is 689. The lowest BCUT2D eigenvalue weighted by molar-refractivity contribution is 0.00578. The number of nitrogens with zero attached hydrogens (tertiary/aromatic N) is 3. The molecule has 0 aliphatic carbocycles. The van der Waals surface area contributed by atoms with Gasteiger partial charge < -0.3 is 9.31 Å². The van der Waals surface area contributed by atoms with E-state index in [2.05, 4.69) is 15.5 Å². The van der Waals surface area contributed by atoms with E-state index >= 15 is 0 Å². The van der Waals surface area contributed by atoms with Gasteiger partial charge in [0.05, 0.1) is 16.9 Å². The van der Waals surface area contributed by atoms with Crippen LogP contribution in [0.1, 0.15) is 27.7 Å². The summed E-state index contributed by atoms with van der Waals surface area (Å²) in [6, 6.07) is 7.28. The first kappa shape index (κ1) is 14.0. The highest BCUT2D eigenvalue weighted by Gasteiger charge is 2.51. The van der Waals surface area contributed by atoms with Crippen molar-refractivity contribution in [2.45, 2.75) is 38.9 Å². The van der Waals surface area contributed by atoms with Gasteiger partial charge in [-0.05, 0) is 55.7 Å². The Labute approximate surface area is 122 Å². The lowest BCUT2D eigenvalue weighted by Gasteiger charge is -2.32. The normalized spacial score (nSPS) is 19.9. The molecule has 8 heteroatoms. The quantitative estimate of drug-likeness (QED) is 0.801. The fourth-order valence-corrected chi connectivity index (χ4v) is 2.12. The van der Waals surface area contributed by atoms with Gasteiger partial charge in [0.1, 0.15) is 0 Å². The average Bonchev–Trinajstić information content (AvgIpc) is 2.92. The predicted octanol–water partition coefficient (Wildman–Crippen LogP) is 0.255. The van der Waals surface area contributed by atoms with Gasteiger partial charge in [-0.2, -0.15) is 4.68 Å². The number of tetrazole rings is 1. The fourth-order valence-electron chi connectivity index (χ4n) is 2.12. The monoisotopic (exact) mass is 288 g/mol. The van der Waals surface area contributed by atoms with Gasteiger partial charge in [0, 0.05) is 0 Å². The van der Waals surface area contributed by atoms with Crippen molar-refractivity contribution in [1.29, 1.82) is 0 Å². The van der Waals surface area contributed by atoms with Crippen molar-refractivity contribution < 1.29 is 9.31 Å². The van der Waals surface area contributed by atoms with Crippen molar-refractivity contribution in [3.63, 3.8) is 0 Å². The Morgan fingerprint density at radius 1 is 1.10 bits per heavy atom. The molecule has 2 heterocycles. The summed E-state index contributed by atoms with van der Waals surface area (Å²) < 4.78 is 13.1. The molecule has 21 heavy (non-hydrogen) atoms. The minimum absolute atomic E-state index is 0.376. The molecular weight excluding hydrogens is 271 g/mol. The molecule has 1 aromatic heterocycles. The Kier molecular flexibility index (Phi) is 3.03. The second kappa shape index (κ2) is 4.54. The number of aromatic amines is 1. The summed E-state index contributed by atoms with van der Waals surface area (Å²) in [6.07, 6.45) is 0. The van der Waals surface area contributed by atoms with Crippen molar-refractivity contribution >= 4 is 12.6 Å². The van der Waals surface area contributed by atoms with Crippen LogP contribution >= 0.6 is 0 Å². The van der Waals surface area contributed by atoms with Crippen molar-refractivity contribution in [1.82, 2.24) is 20.2 Å². The molecule has 0 bridgehead atoms. The second-order valence-electron chi connectivity index (χ2n) is 6.10. The van der Waals surface area contributed by atoms with Gasteiger partial charge in [-0.1, -0.05) is 12.1 Å². The molecule has 0 unspecified atom stereocenters. The number of rotatable bonds is 2. The number of H-pyrrole nitrogens is 1. The Hall–Kier alpha value is -1.93. The number of nitrogens with one attached hydrogen (secondary N) is 1. The molecule has 1 N–H and O–H groups in total. The summed E-state index contributed by atoms with van der Waals surface area (Å²) in [4.78, 5) is 11.5. The largest absolute Gasteiger partial charge is 0.494 e. The lowest BCUT2D eigenvalue weighted by atomic mass is 9.79. The summed E-state index contributed by atoms with van der Waals surface area (Å²) in [7, 11) is -0.418. The fraction of sp³-hybridized carbons (Fsp3) is 0.462. The molecule has 7 nitrogen and oxygen atoms in total.